The number of carbonyl (C=O) groups excluding carboxylic acids is 1. The van der Waals surface area contributed by atoms with Crippen molar-refractivity contribution < 1.29 is 9.18 Å². The summed E-state index contributed by atoms with van der Waals surface area (Å²) in [5, 5.41) is 6.54. The maximum absolute atomic E-state index is 14.1. The third-order valence-electron chi connectivity index (χ3n) is 4.96. The van der Waals surface area contributed by atoms with E-state index in [-0.39, 0.29) is 17.0 Å². The lowest BCUT2D eigenvalue weighted by Crippen LogP contribution is -2.40. The minimum absolute atomic E-state index is 0.0151. The van der Waals surface area contributed by atoms with Gasteiger partial charge in [0.2, 0.25) is 5.91 Å². The van der Waals surface area contributed by atoms with Crippen molar-refractivity contribution in [2.24, 2.45) is 11.3 Å². The van der Waals surface area contributed by atoms with Crippen LogP contribution in [0.5, 0.6) is 0 Å². The van der Waals surface area contributed by atoms with Crippen molar-refractivity contribution in [1.29, 1.82) is 0 Å². The molecule has 0 aliphatic carbocycles. The molecule has 0 radical (unpaired) electrons. The second-order valence-electron chi connectivity index (χ2n) is 8.50. The Morgan fingerprint density at radius 1 is 1.26 bits per heavy atom. The van der Waals surface area contributed by atoms with Crippen LogP contribution in [-0.2, 0) is 11.2 Å². The minimum Gasteiger partial charge on any atom is -0.343 e. The van der Waals surface area contributed by atoms with Gasteiger partial charge in [0.15, 0.2) is 0 Å². The van der Waals surface area contributed by atoms with Gasteiger partial charge in [-0.15, -0.1) is 0 Å². The van der Waals surface area contributed by atoms with Crippen molar-refractivity contribution in [1.82, 2.24) is 19.7 Å². The molecule has 1 aliphatic rings. The molecule has 146 valence electrons. The molecule has 0 bridgehead atoms. The Morgan fingerprint density at radius 3 is 2.56 bits per heavy atom. The molecule has 2 aromatic rings. The molecule has 1 saturated heterocycles. The quantitative estimate of drug-likeness (QED) is 0.894. The number of aromatic nitrogens is 3. The lowest BCUT2D eigenvalue weighted by molar-refractivity contribution is -0.134. The predicted molar refractivity (Wildman–Crippen MR) is 101 cm³/mol. The highest BCUT2D eigenvalue weighted by Crippen LogP contribution is 2.25. The smallest absolute Gasteiger partial charge is 0.343 e. The van der Waals surface area contributed by atoms with Gasteiger partial charge in [0, 0.05) is 25.9 Å². The number of halogens is 1. The fraction of sp³-hybridized carbons (Fsp3) is 0.550. The Hall–Kier alpha value is -2.44. The number of H-pyrrole nitrogens is 1. The van der Waals surface area contributed by atoms with E-state index < -0.39 is 11.5 Å². The fourth-order valence-corrected chi connectivity index (χ4v) is 3.56. The molecule has 1 amide bonds. The number of hydrogen-bond acceptors (Lipinski definition) is 3. The molecule has 1 aromatic carbocycles. The molecular weight excluding hydrogens is 347 g/mol. The van der Waals surface area contributed by atoms with Gasteiger partial charge in [0.05, 0.1) is 5.69 Å². The van der Waals surface area contributed by atoms with Gasteiger partial charge in [-0.3, -0.25) is 4.79 Å². The van der Waals surface area contributed by atoms with Gasteiger partial charge in [-0.2, -0.15) is 5.10 Å². The van der Waals surface area contributed by atoms with E-state index in [1.807, 2.05) is 4.90 Å². The van der Waals surface area contributed by atoms with Gasteiger partial charge < -0.3 is 4.90 Å². The summed E-state index contributed by atoms with van der Waals surface area (Å²) in [6.45, 7) is 7.63. The summed E-state index contributed by atoms with van der Waals surface area (Å²) >= 11 is 0. The van der Waals surface area contributed by atoms with Crippen LogP contribution < -0.4 is 5.69 Å². The highest BCUT2D eigenvalue weighted by molar-refractivity contribution is 5.76. The Labute approximate surface area is 158 Å². The second-order valence-corrected chi connectivity index (χ2v) is 8.50. The monoisotopic (exact) mass is 374 g/mol. The first-order chi connectivity index (χ1) is 12.7. The number of benzene rings is 1. The third kappa shape index (κ3) is 4.64. The van der Waals surface area contributed by atoms with Crippen LogP contribution in [-0.4, -0.2) is 38.7 Å². The Kier molecular flexibility index (Phi) is 5.48. The summed E-state index contributed by atoms with van der Waals surface area (Å²) in [5.74, 6) is 0.586. The zero-order chi connectivity index (χ0) is 19.6. The zero-order valence-electron chi connectivity index (χ0n) is 16.2. The van der Waals surface area contributed by atoms with E-state index in [1.165, 1.54) is 10.6 Å². The molecule has 3 rings (SSSR count). The van der Waals surface area contributed by atoms with E-state index in [9.17, 15) is 14.0 Å². The van der Waals surface area contributed by atoms with Crippen LogP contribution in [0.25, 0.3) is 5.69 Å². The summed E-state index contributed by atoms with van der Waals surface area (Å²) in [5.41, 5.74) is -0.240. The Balaban J connectivity index is 1.66. The molecule has 1 fully saturated rings. The molecule has 2 heterocycles. The molecule has 0 atom stereocenters. The summed E-state index contributed by atoms with van der Waals surface area (Å²) in [6, 6.07) is 6.19. The summed E-state index contributed by atoms with van der Waals surface area (Å²) in [4.78, 5) is 26.4. The number of amides is 1. The number of nitrogens with one attached hydrogen (secondary N) is 1. The number of aromatic amines is 1. The van der Waals surface area contributed by atoms with Gasteiger partial charge in [0.1, 0.15) is 11.6 Å². The van der Waals surface area contributed by atoms with Crippen molar-refractivity contribution in [2.75, 3.05) is 13.1 Å². The average Bonchev–Trinajstić information content (AvgIpc) is 2.95. The number of nitrogens with zero attached hydrogens (tertiary/aromatic N) is 3. The van der Waals surface area contributed by atoms with Crippen LogP contribution in [0, 0.1) is 17.2 Å². The molecule has 1 aliphatic heterocycles. The standard InChI is InChI=1S/C20H27FN4O2/c1-20(2,3)13-18(26)24-10-8-14(9-11-24)12-17-22-23-19(27)25(17)16-7-5-4-6-15(16)21/h4-7,14H,8-13H2,1-3H3,(H,23,27). The number of rotatable bonds is 4. The highest BCUT2D eigenvalue weighted by atomic mass is 19.1. The molecule has 7 heteroatoms. The first-order valence-electron chi connectivity index (χ1n) is 9.43. The lowest BCUT2D eigenvalue weighted by Gasteiger charge is -2.33. The van der Waals surface area contributed by atoms with Gasteiger partial charge in [0.25, 0.3) is 0 Å². The molecule has 0 unspecified atom stereocenters. The Morgan fingerprint density at radius 2 is 1.93 bits per heavy atom. The van der Waals surface area contributed by atoms with E-state index in [0.29, 0.717) is 37.7 Å². The van der Waals surface area contributed by atoms with Crippen LogP contribution >= 0.6 is 0 Å². The van der Waals surface area contributed by atoms with Crippen LogP contribution in [0.2, 0.25) is 0 Å². The largest absolute Gasteiger partial charge is 0.348 e. The molecule has 1 N–H and O–H groups in total. The SMILES string of the molecule is CC(C)(C)CC(=O)N1CCC(Cc2n[nH]c(=O)n2-c2ccccc2F)CC1. The first-order valence-corrected chi connectivity index (χ1v) is 9.43. The molecule has 0 spiro atoms. The molecule has 6 nitrogen and oxygen atoms in total. The summed E-state index contributed by atoms with van der Waals surface area (Å²) in [6.07, 6.45) is 2.83. The summed E-state index contributed by atoms with van der Waals surface area (Å²) in [7, 11) is 0. The van der Waals surface area contributed by atoms with Crippen molar-refractivity contribution in [3.63, 3.8) is 0 Å². The molecule has 0 saturated carbocycles. The third-order valence-corrected chi connectivity index (χ3v) is 4.96. The minimum atomic E-state index is -0.454. The predicted octanol–water partition coefficient (Wildman–Crippen LogP) is 2.92. The van der Waals surface area contributed by atoms with Gasteiger partial charge in [-0.1, -0.05) is 32.9 Å². The topological polar surface area (TPSA) is 71.0 Å². The average molecular weight is 374 g/mol. The number of carbonyl (C=O) groups is 1. The van der Waals surface area contributed by atoms with Crippen LogP contribution in [0.1, 0.15) is 45.9 Å². The summed E-state index contributed by atoms with van der Waals surface area (Å²) < 4.78 is 15.4. The van der Waals surface area contributed by atoms with E-state index in [2.05, 4.69) is 31.0 Å². The normalized spacial score (nSPS) is 15.9. The van der Waals surface area contributed by atoms with Crippen LogP contribution in [0.3, 0.4) is 0 Å². The van der Waals surface area contributed by atoms with Crippen molar-refractivity contribution in [3.05, 3.63) is 46.4 Å². The lowest BCUT2D eigenvalue weighted by atomic mass is 9.89. The second kappa shape index (κ2) is 7.66. The number of likely N-dealkylation sites (tertiary alicyclic amines) is 1. The van der Waals surface area contributed by atoms with E-state index >= 15 is 0 Å². The zero-order valence-corrected chi connectivity index (χ0v) is 16.2. The van der Waals surface area contributed by atoms with E-state index in [1.54, 1.807) is 18.2 Å². The van der Waals surface area contributed by atoms with Gasteiger partial charge in [-0.05, 0) is 36.3 Å². The van der Waals surface area contributed by atoms with Gasteiger partial charge in [-0.25, -0.2) is 18.9 Å². The molecule has 27 heavy (non-hydrogen) atoms. The number of hydrogen-bond donors (Lipinski definition) is 1. The number of piperidine rings is 1. The van der Waals surface area contributed by atoms with E-state index in [0.717, 1.165) is 12.8 Å². The van der Waals surface area contributed by atoms with Gasteiger partial charge >= 0.3 is 5.69 Å². The molecule has 1 aromatic heterocycles. The van der Waals surface area contributed by atoms with Crippen molar-refractivity contribution >= 4 is 5.91 Å². The number of para-hydroxylation sites is 1. The maximum Gasteiger partial charge on any atom is 0.348 e. The van der Waals surface area contributed by atoms with E-state index in [4.69, 9.17) is 0 Å². The van der Waals surface area contributed by atoms with Crippen molar-refractivity contribution in [2.45, 2.75) is 46.5 Å². The fourth-order valence-electron chi connectivity index (χ4n) is 3.56. The van der Waals surface area contributed by atoms with Crippen LogP contribution in [0.4, 0.5) is 4.39 Å². The first kappa shape index (κ1) is 19.3. The highest BCUT2D eigenvalue weighted by Gasteiger charge is 2.27. The maximum atomic E-state index is 14.1. The van der Waals surface area contributed by atoms with Crippen molar-refractivity contribution in [3.8, 4) is 5.69 Å². The molecular formula is C20H27FN4O2. The van der Waals surface area contributed by atoms with Crippen LogP contribution in [0.15, 0.2) is 29.1 Å². The Bertz CT molecular complexity index is 857.